The van der Waals surface area contributed by atoms with Gasteiger partial charge >= 0.3 is 0 Å². The van der Waals surface area contributed by atoms with Gasteiger partial charge in [-0.15, -0.1) is 0 Å². The van der Waals surface area contributed by atoms with Crippen molar-refractivity contribution in [3.05, 3.63) is 35.3 Å². The number of pyridine rings is 1. The summed E-state index contributed by atoms with van der Waals surface area (Å²) in [6, 6.07) is 2.11. The molecule has 0 fully saturated rings. The molecular weight excluding hydrogens is 280 g/mol. The third-order valence-corrected chi connectivity index (χ3v) is 3.43. The van der Waals surface area contributed by atoms with E-state index in [1.54, 1.807) is 0 Å². The molecule has 0 unspecified atom stereocenters. The number of aromatic amines is 1. The van der Waals surface area contributed by atoms with Gasteiger partial charge in [0, 0.05) is 46.1 Å². The second-order valence-electron chi connectivity index (χ2n) is 3.84. The van der Waals surface area contributed by atoms with Crippen molar-refractivity contribution in [1.29, 1.82) is 0 Å². The maximum atomic E-state index is 4.39. The molecule has 3 aromatic rings. The van der Waals surface area contributed by atoms with E-state index in [1.165, 1.54) is 0 Å². The van der Waals surface area contributed by atoms with Gasteiger partial charge < -0.3 is 4.98 Å². The molecule has 0 saturated heterocycles. The molecule has 17 heavy (non-hydrogen) atoms. The smallest absolute Gasteiger partial charge is 0.138 e. The lowest BCUT2D eigenvalue weighted by Crippen LogP contribution is -1.91. The zero-order chi connectivity index (χ0) is 11.8. The van der Waals surface area contributed by atoms with Crippen molar-refractivity contribution in [3.8, 4) is 11.1 Å². The molecule has 0 radical (unpaired) electrons. The predicted octanol–water partition coefficient (Wildman–Crippen LogP) is 3.21. The highest BCUT2D eigenvalue weighted by Crippen LogP contribution is 2.27. The van der Waals surface area contributed by atoms with Crippen LogP contribution in [0.1, 0.15) is 6.92 Å². The molecule has 0 saturated carbocycles. The van der Waals surface area contributed by atoms with Gasteiger partial charge in [-0.25, -0.2) is 4.98 Å². The Kier molecular flexibility index (Phi) is 2.48. The minimum absolute atomic E-state index is 0.878. The lowest BCUT2D eigenvalue weighted by molar-refractivity contribution is 0.660. The first-order valence-corrected chi connectivity index (χ1v) is 6.22. The second kappa shape index (κ2) is 4.00. The van der Waals surface area contributed by atoms with E-state index in [4.69, 9.17) is 0 Å². The zero-order valence-corrected chi connectivity index (χ0v) is 10.9. The molecule has 0 bridgehead atoms. The SMILES string of the molecule is CCn1cc(-c2cnc3[nH]cc(Br)c3c2)cn1. The number of fused-ring (bicyclic) bond motifs is 1. The van der Waals surface area contributed by atoms with Crippen LogP contribution in [-0.4, -0.2) is 19.7 Å². The number of nitrogens with one attached hydrogen (secondary N) is 1. The molecule has 4 nitrogen and oxygen atoms in total. The van der Waals surface area contributed by atoms with Gasteiger partial charge in [-0.05, 0) is 28.9 Å². The van der Waals surface area contributed by atoms with Crippen LogP contribution in [-0.2, 0) is 6.54 Å². The van der Waals surface area contributed by atoms with Crippen molar-refractivity contribution in [3.63, 3.8) is 0 Å². The van der Waals surface area contributed by atoms with Crippen LogP contribution >= 0.6 is 15.9 Å². The van der Waals surface area contributed by atoms with Crippen LogP contribution in [0.5, 0.6) is 0 Å². The lowest BCUT2D eigenvalue weighted by atomic mass is 10.1. The highest BCUT2D eigenvalue weighted by Gasteiger charge is 2.06. The van der Waals surface area contributed by atoms with Crippen molar-refractivity contribution >= 4 is 27.0 Å². The molecule has 0 aromatic carbocycles. The summed E-state index contributed by atoms with van der Waals surface area (Å²) in [4.78, 5) is 7.49. The second-order valence-corrected chi connectivity index (χ2v) is 4.70. The highest BCUT2D eigenvalue weighted by molar-refractivity contribution is 9.10. The summed E-state index contributed by atoms with van der Waals surface area (Å²) in [5.74, 6) is 0. The van der Waals surface area contributed by atoms with Gasteiger partial charge in [0.25, 0.3) is 0 Å². The third kappa shape index (κ3) is 1.76. The molecule has 0 aliphatic heterocycles. The zero-order valence-electron chi connectivity index (χ0n) is 9.31. The lowest BCUT2D eigenvalue weighted by Gasteiger charge is -1.97. The van der Waals surface area contributed by atoms with Gasteiger partial charge in [0.05, 0.1) is 6.20 Å². The molecule has 5 heteroatoms. The van der Waals surface area contributed by atoms with Crippen molar-refractivity contribution in [2.45, 2.75) is 13.5 Å². The van der Waals surface area contributed by atoms with Crippen LogP contribution in [0.15, 0.2) is 35.3 Å². The fourth-order valence-corrected chi connectivity index (χ4v) is 2.23. The first kappa shape index (κ1) is 10.5. The maximum Gasteiger partial charge on any atom is 0.138 e. The third-order valence-electron chi connectivity index (χ3n) is 2.77. The molecular formula is C12H11BrN4. The van der Waals surface area contributed by atoms with E-state index in [0.717, 1.165) is 33.2 Å². The first-order valence-electron chi connectivity index (χ1n) is 5.43. The summed E-state index contributed by atoms with van der Waals surface area (Å²) >= 11 is 3.50. The number of rotatable bonds is 2. The van der Waals surface area contributed by atoms with E-state index in [1.807, 2.05) is 29.5 Å². The summed E-state index contributed by atoms with van der Waals surface area (Å²) in [6.07, 6.45) is 7.66. The monoisotopic (exact) mass is 290 g/mol. The summed E-state index contributed by atoms with van der Waals surface area (Å²) in [7, 11) is 0. The summed E-state index contributed by atoms with van der Waals surface area (Å²) in [5, 5.41) is 5.36. The number of hydrogen-bond acceptors (Lipinski definition) is 2. The Bertz CT molecular complexity index is 668. The van der Waals surface area contributed by atoms with Gasteiger partial charge in [0.15, 0.2) is 0 Å². The topological polar surface area (TPSA) is 46.5 Å². The van der Waals surface area contributed by atoms with Crippen LogP contribution in [0, 0.1) is 0 Å². The van der Waals surface area contributed by atoms with Crippen molar-refractivity contribution < 1.29 is 0 Å². The number of aromatic nitrogens is 4. The van der Waals surface area contributed by atoms with E-state index in [-0.39, 0.29) is 0 Å². The summed E-state index contributed by atoms with van der Waals surface area (Å²) in [5.41, 5.74) is 3.07. The predicted molar refractivity (Wildman–Crippen MR) is 70.7 cm³/mol. The number of halogens is 1. The average Bonchev–Trinajstić information content (AvgIpc) is 2.96. The van der Waals surface area contributed by atoms with Gasteiger partial charge in [-0.3, -0.25) is 4.68 Å². The van der Waals surface area contributed by atoms with Crippen molar-refractivity contribution in [2.24, 2.45) is 0 Å². The number of aryl methyl sites for hydroxylation is 1. The first-order chi connectivity index (χ1) is 8.28. The molecule has 3 heterocycles. The maximum absolute atomic E-state index is 4.39. The Hall–Kier alpha value is -1.62. The molecule has 3 rings (SSSR count). The summed E-state index contributed by atoms with van der Waals surface area (Å²) < 4.78 is 2.94. The van der Waals surface area contributed by atoms with Gasteiger partial charge in [-0.1, -0.05) is 0 Å². The normalized spacial score (nSPS) is 11.2. The number of hydrogen-bond donors (Lipinski definition) is 1. The van der Waals surface area contributed by atoms with E-state index < -0.39 is 0 Å². The Labute approximate surface area is 107 Å². The quantitative estimate of drug-likeness (QED) is 0.788. The van der Waals surface area contributed by atoms with Gasteiger partial charge in [0.2, 0.25) is 0 Å². The molecule has 1 N–H and O–H groups in total. The molecule has 0 aliphatic rings. The summed E-state index contributed by atoms with van der Waals surface area (Å²) in [6.45, 7) is 2.95. The van der Waals surface area contributed by atoms with E-state index in [0.29, 0.717) is 0 Å². The molecule has 0 aliphatic carbocycles. The van der Waals surface area contributed by atoms with Gasteiger partial charge in [0.1, 0.15) is 5.65 Å². The molecule has 0 atom stereocenters. The number of H-pyrrole nitrogens is 1. The fourth-order valence-electron chi connectivity index (χ4n) is 1.81. The highest BCUT2D eigenvalue weighted by atomic mass is 79.9. The standard InChI is InChI=1S/C12H11BrN4/c1-2-17-7-9(5-16-17)8-3-10-11(13)6-15-12(10)14-4-8/h3-7H,2H2,1H3,(H,14,15). The van der Waals surface area contributed by atoms with E-state index >= 15 is 0 Å². The molecule has 0 amide bonds. The van der Waals surface area contributed by atoms with Crippen LogP contribution < -0.4 is 0 Å². The minimum atomic E-state index is 0.878. The van der Waals surface area contributed by atoms with E-state index in [2.05, 4.69) is 44.0 Å². The molecule has 0 spiro atoms. The fraction of sp³-hybridized carbons (Fsp3) is 0.167. The Morgan fingerprint density at radius 3 is 3.00 bits per heavy atom. The average molecular weight is 291 g/mol. The van der Waals surface area contributed by atoms with Crippen LogP contribution in [0.25, 0.3) is 22.2 Å². The van der Waals surface area contributed by atoms with Crippen molar-refractivity contribution in [2.75, 3.05) is 0 Å². The van der Waals surface area contributed by atoms with E-state index in [9.17, 15) is 0 Å². The molecule has 86 valence electrons. The Morgan fingerprint density at radius 1 is 1.35 bits per heavy atom. The van der Waals surface area contributed by atoms with Gasteiger partial charge in [-0.2, -0.15) is 5.10 Å². The van der Waals surface area contributed by atoms with Crippen LogP contribution in [0.4, 0.5) is 0 Å². The largest absolute Gasteiger partial charge is 0.345 e. The minimum Gasteiger partial charge on any atom is -0.345 e. The van der Waals surface area contributed by atoms with Crippen LogP contribution in [0.3, 0.4) is 0 Å². The van der Waals surface area contributed by atoms with Crippen molar-refractivity contribution in [1.82, 2.24) is 19.7 Å². The molecule has 3 aromatic heterocycles. The van der Waals surface area contributed by atoms with Crippen LogP contribution in [0.2, 0.25) is 0 Å². The Morgan fingerprint density at radius 2 is 2.24 bits per heavy atom. The number of nitrogens with zero attached hydrogens (tertiary/aromatic N) is 3. The Balaban J connectivity index is 2.13.